The Morgan fingerprint density at radius 3 is 2.43 bits per heavy atom. The molecular formula is C21H28O2. The Balaban J connectivity index is 2.61. The molecule has 3 atom stereocenters. The van der Waals surface area contributed by atoms with E-state index in [0.29, 0.717) is 6.42 Å². The quantitative estimate of drug-likeness (QED) is 0.645. The van der Waals surface area contributed by atoms with Crippen molar-refractivity contribution in [3.05, 3.63) is 52.1 Å². The molecule has 0 spiro atoms. The van der Waals surface area contributed by atoms with Gasteiger partial charge in [-0.2, -0.15) is 0 Å². The summed E-state index contributed by atoms with van der Waals surface area (Å²) in [5.41, 5.74) is 6.24. The molecule has 0 fully saturated rings. The predicted molar refractivity (Wildman–Crippen MR) is 96.5 cm³/mol. The van der Waals surface area contributed by atoms with Gasteiger partial charge in [0.1, 0.15) is 6.29 Å². The zero-order valence-corrected chi connectivity index (χ0v) is 15.1. The molecule has 0 amide bonds. The standard InChI is InChI=1S/C21H28O2/c1-13(2)7-10-18(23)21(12-22)11-16(5)19-14(3)8-9-15(4)20(19)17(21)6/h7-9,11-12,17-18,23H,10H2,1-6H3/t17-,18?,21?/m1/s1. The third-order valence-corrected chi connectivity index (χ3v) is 5.25. The van der Waals surface area contributed by atoms with Crippen LogP contribution in [0.3, 0.4) is 0 Å². The van der Waals surface area contributed by atoms with E-state index in [1.165, 1.54) is 22.3 Å². The second-order valence-electron chi connectivity index (χ2n) is 7.19. The number of benzene rings is 1. The fourth-order valence-corrected chi connectivity index (χ4v) is 3.89. The van der Waals surface area contributed by atoms with Crippen molar-refractivity contribution in [1.82, 2.24) is 0 Å². The van der Waals surface area contributed by atoms with E-state index in [1.54, 1.807) is 0 Å². The van der Waals surface area contributed by atoms with Gasteiger partial charge < -0.3 is 9.90 Å². The van der Waals surface area contributed by atoms with Gasteiger partial charge in [0, 0.05) is 5.92 Å². The van der Waals surface area contributed by atoms with Crippen molar-refractivity contribution in [2.24, 2.45) is 5.41 Å². The van der Waals surface area contributed by atoms with Crippen LogP contribution in [0, 0.1) is 19.3 Å². The average Bonchev–Trinajstić information content (AvgIpc) is 2.50. The van der Waals surface area contributed by atoms with Gasteiger partial charge in [-0.1, -0.05) is 36.8 Å². The lowest BCUT2D eigenvalue weighted by atomic mass is 9.62. The number of aldehydes is 1. The highest BCUT2D eigenvalue weighted by atomic mass is 16.3. The lowest BCUT2D eigenvalue weighted by molar-refractivity contribution is -0.120. The number of aliphatic hydroxyl groups excluding tert-OH is 1. The fraction of sp³-hybridized carbons (Fsp3) is 0.476. The first-order valence-corrected chi connectivity index (χ1v) is 8.32. The third-order valence-electron chi connectivity index (χ3n) is 5.25. The van der Waals surface area contributed by atoms with Crippen LogP contribution in [0.1, 0.15) is 62.3 Å². The van der Waals surface area contributed by atoms with Crippen LogP contribution in [-0.2, 0) is 4.79 Å². The van der Waals surface area contributed by atoms with Gasteiger partial charge in [-0.15, -0.1) is 0 Å². The average molecular weight is 312 g/mol. The van der Waals surface area contributed by atoms with Crippen LogP contribution in [0.5, 0.6) is 0 Å². The number of carbonyl (C=O) groups excluding carboxylic acids is 1. The van der Waals surface area contributed by atoms with Crippen LogP contribution in [0.15, 0.2) is 29.9 Å². The first-order chi connectivity index (χ1) is 10.7. The van der Waals surface area contributed by atoms with Crippen molar-refractivity contribution in [2.45, 2.75) is 60.0 Å². The van der Waals surface area contributed by atoms with E-state index < -0.39 is 11.5 Å². The molecule has 23 heavy (non-hydrogen) atoms. The molecule has 0 aliphatic heterocycles. The van der Waals surface area contributed by atoms with E-state index in [2.05, 4.69) is 32.9 Å². The highest BCUT2D eigenvalue weighted by Crippen LogP contribution is 2.49. The molecular weight excluding hydrogens is 284 g/mol. The van der Waals surface area contributed by atoms with E-state index in [-0.39, 0.29) is 5.92 Å². The molecule has 1 aromatic rings. The van der Waals surface area contributed by atoms with Crippen molar-refractivity contribution in [2.75, 3.05) is 0 Å². The number of aliphatic hydroxyl groups is 1. The van der Waals surface area contributed by atoms with Gasteiger partial charge in [0.25, 0.3) is 0 Å². The van der Waals surface area contributed by atoms with Crippen molar-refractivity contribution in [3.63, 3.8) is 0 Å². The smallest absolute Gasteiger partial charge is 0.133 e. The Bertz CT molecular complexity index is 677. The van der Waals surface area contributed by atoms with Gasteiger partial charge in [-0.3, -0.25) is 0 Å². The van der Waals surface area contributed by atoms with Gasteiger partial charge in [0.15, 0.2) is 0 Å². The first-order valence-electron chi connectivity index (χ1n) is 8.32. The molecule has 1 aliphatic rings. The second kappa shape index (κ2) is 6.45. The Morgan fingerprint density at radius 1 is 1.26 bits per heavy atom. The highest BCUT2D eigenvalue weighted by Gasteiger charge is 2.45. The Hall–Kier alpha value is -1.67. The minimum atomic E-state index is -0.860. The van der Waals surface area contributed by atoms with Crippen molar-refractivity contribution in [1.29, 1.82) is 0 Å². The molecule has 0 saturated carbocycles. The van der Waals surface area contributed by atoms with Gasteiger partial charge in [0.05, 0.1) is 11.5 Å². The summed E-state index contributed by atoms with van der Waals surface area (Å²) in [5, 5.41) is 10.8. The van der Waals surface area contributed by atoms with Crippen LogP contribution < -0.4 is 0 Å². The monoisotopic (exact) mass is 312 g/mol. The Labute approximate surface area is 139 Å². The van der Waals surface area contributed by atoms with Crippen LogP contribution in [-0.4, -0.2) is 17.5 Å². The van der Waals surface area contributed by atoms with Crippen LogP contribution in [0.4, 0.5) is 0 Å². The first kappa shape index (κ1) is 17.7. The summed E-state index contributed by atoms with van der Waals surface area (Å²) in [6.45, 7) is 12.3. The van der Waals surface area contributed by atoms with E-state index in [4.69, 9.17) is 0 Å². The number of hydrogen-bond acceptors (Lipinski definition) is 2. The summed E-state index contributed by atoms with van der Waals surface area (Å²) >= 11 is 0. The summed E-state index contributed by atoms with van der Waals surface area (Å²) in [5.74, 6) is -0.0424. The van der Waals surface area contributed by atoms with Crippen LogP contribution >= 0.6 is 0 Å². The minimum absolute atomic E-state index is 0.0424. The van der Waals surface area contributed by atoms with Crippen molar-refractivity contribution < 1.29 is 9.90 Å². The number of fused-ring (bicyclic) bond motifs is 1. The van der Waals surface area contributed by atoms with E-state index >= 15 is 0 Å². The molecule has 1 N–H and O–H groups in total. The van der Waals surface area contributed by atoms with Gasteiger partial charge in [0.2, 0.25) is 0 Å². The number of aryl methyl sites for hydroxylation is 2. The number of hydrogen-bond donors (Lipinski definition) is 1. The van der Waals surface area contributed by atoms with Crippen molar-refractivity contribution >= 4 is 11.9 Å². The minimum Gasteiger partial charge on any atom is -0.391 e. The highest BCUT2D eigenvalue weighted by molar-refractivity contribution is 5.81. The number of rotatable bonds is 4. The molecule has 2 nitrogen and oxygen atoms in total. The Kier molecular flexibility index (Phi) is 4.95. The van der Waals surface area contributed by atoms with Crippen LogP contribution in [0.25, 0.3) is 5.57 Å². The maximum atomic E-state index is 12.1. The lowest BCUT2D eigenvalue weighted by Gasteiger charge is -2.41. The molecule has 0 heterocycles. The normalized spacial score (nSPS) is 24.5. The second-order valence-corrected chi connectivity index (χ2v) is 7.19. The van der Waals surface area contributed by atoms with Gasteiger partial charge in [-0.25, -0.2) is 0 Å². The summed E-state index contributed by atoms with van der Waals surface area (Å²) < 4.78 is 0. The lowest BCUT2D eigenvalue weighted by Crippen LogP contribution is -2.42. The van der Waals surface area contributed by atoms with Crippen LogP contribution in [0.2, 0.25) is 0 Å². The van der Waals surface area contributed by atoms with E-state index in [9.17, 15) is 9.90 Å². The maximum absolute atomic E-state index is 12.1. The van der Waals surface area contributed by atoms with Gasteiger partial charge in [-0.05, 0) is 68.9 Å². The summed E-state index contributed by atoms with van der Waals surface area (Å²) in [6, 6.07) is 4.24. The largest absolute Gasteiger partial charge is 0.391 e. The summed E-state index contributed by atoms with van der Waals surface area (Å²) in [4.78, 5) is 12.1. The zero-order valence-electron chi connectivity index (χ0n) is 15.1. The number of allylic oxidation sites excluding steroid dienone is 2. The summed E-state index contributed by atoms with van der Waals surface area (Å²) in [6.07, 6.45) is 4.73. The molecule has 2 rings (SSSR count). The predicted octanol–water partition coefficient (Wildman–Crippen LogP) is 4.73. The summed E-state index contributed by atoms with van der Waals surface area (Å²) in [7, 11) is 0. The molecule has 0 radical (unpaired) electrons. The molecule has 2 heteroatoms. The molecule has 124 valence electrons. The molecule has 1 aromatic carbocycles. The topological polar surface area (TPSA) is 37.3 Å². The van der Waals surface area contributed by atoms with E-state index in [0.717, 1.165) is 17.4 Å². The number of carbonyl (C=O) groups is 1. The van der Waals surface area contributed by atoms with Gasteiger partial charge >= 0.3 is 0 Å². The molecule has 0 bridgehead atoms. The Morgan fingerprint density at radius 2 is 1.87 bits per heavy atom. The molecule has 1 aliphatic carbocycles. The fourth-order valence-electron chi connectivity index (χ4n) is 3.89. The zero-order chi connectivity index (χ0) is 17.4. The SMILES string of the molecule is CC(C)=CCC(O)C1(C=O)C=C(C)c2c(C)ccc(C)c2[C@H]1C. The molecule has 0 aromatic heterocycles. The van der Waals surface area contributed by atoms with E-state index in [1.807, 2.05) is 32.9 Å². The molecule has 2 unspecified atom stereocenters. The van der Waals surface area contributed by atoms with Crippen molar-refractivity contribution in [3.8, 4) is 0 Å². The maximum Gasteiger partial charge on any atom is 0.133 e. The molecule has 0 saturated heterocycles. The third kappa shape index (κ3) is 2.92.